The maximum atomic E-state index is 12.7. The van der Waals surface area contributed by atoms with Crippen molar-refractivity contribution in [2.24, 2.45) is 5.92 Å². The second-order valence-electron chi connectivity index (χ2n) is 7.81. The van der Waals surface area contributed by atoms with Crippen molar-refractivity contribution in [3.8, 4) is 0 Å². The van der Waals surface area contributed by atoms with Crippen molar-refractivity contribution in [1.29, 1.82) is 0 Å². The number of hydrogen-bond acceptors (Lipinski definition) is 6. The summed E-state index contributed by atoms with van der Waals surface area (Å²) < 4.78 is 5.68. The van der Waals surface area contributed by atoms with E-state index in [1.807, 2.05) is 32.9 Å². The number of nitrogens with two attached hydrogens (primary N) is 1. The molecule has 4 atom stereocenters. The highest BCUT2D eigenvalue weighted by molar-refractivity contribution is 5.78. The molecule has 0 amide bonds. The monoisotopic (exact) mass is 316 g/mol. The van der Waals surface area contributed by atoms with Crippen molar-refractivity contribution in [2.45, 2.75) is 57.5 Å². The molecule has 23 heavy (non-hydrogen) atoms. The fourth-order valence-electron chi connectivity index (χ4n) is 4.34. The number of nitrogens with zero attached hydrogens (tertiary/aromatic N) is 3. The molecule has 0 bridgehead atoms. The number of aromatic nitrogens is 1. The van der Waals surface area contributed by atoms with Crippen molar-refractivity contribution < 1.29 is 9.53 Å². The lowest BCUT2D eigenvalue weighted by atomic mass is 9.84. The van der Waals surface area contributed by atoms with Crippen molar-refractivity contribution >= 4 is 17.5 Å². The van der Waals surface area contributed by atoms with Gasteiger partial charge in [-0.2, -0.15) is 0 Å². The van der Waals surface area contributed by atoms with Crippen molar-refractivity contribution in [3.63, 3.8) is 0 Å². The van der Waals surface area contributed by atoms with Crippen LogP contribution >= 0.6 is 0 Å². The predicted octanol–water partition coefficient (Wildman–Crippen LogP) is 1.61. The van der Waals surface area contributed by atoms with E-state index in [-0.39, 0.29) is 18.1 Å². The average molecular weight is 316 g/mol. The van der Waals surface area contributed by atoms with Gasteiger partial charge in [0.15, 0.2) is 0 Å². The maximum absolute atomic E-state index is 12.7. The molecule has 0 saturated carbocycles. The van der Waals surface area contributed by atoms with Gasteiger partial charge in [0, 0.05) is 18.6 Å². The van der Waals surface area contributed by atoms with E-state index in [1.165, 1.54) is 0 Å². The Morgan fingerprint density at radius 2 is 2.13 bits per heavy atom. The smallest absolute Gasteiger partial charge is 0.314 e. The molecule has 4 rings (SSSR count). The van der Waals surface area contributed by atoms with Gasteiger partial charge in [0.05, 0.1) is 18.1 Å². The summed E-state index contributed by atoms with van der Waals surface area (Å²) in [7, 11) is 0. The van der Waals surface area contributed by atoms with Crippen LogP contribution in [0, 0.1) is 5.92 Å². The number of nitrogen functional groups attached to an aromatic ring is 1. The molecule has 3 aliphatic rings. The summed E-state index contributed by atoms with van der Waals surface area (Å²) in [5.74, 6) is 0.377. The Morgan fingerprint density at radius 1 is 1.35 bits per heavy atom. The normalized spacial score (nSPS) is 32.6. The number of pyridine rings is 1. The average Bonchev–Trinajstić information content (AvgIpc) is 2.87. The van der Waals surface area contributed by atoms with Crippen molar-refractivity contribution in [2.75, 3.05) is 17.2 Å². The van der Waals surface area contributed by atoms with Crippen LogP contribution in [-0.2, 0) is 9.53 Å². The van der Waals surface area contributed by atoms with Gasteiger partial charge >= 0.3 is 5.97 Å². The van der Waals surface area contributed by atoms with Gasteiger partial charge in [-0.1, -0.05) is 0 Å². The van der Waals surface area contributed by atoms with Crippen LogP contribution in [0.25, 0.3) is 0 Å². The Balaban J connectivity index is 1.60. The Morgan fingerprint density at radius 3 is 2.78 bits per heavy atom. The summed E-state index contributed by atoms with van der Waals surface area (Å²) in [6, 6.07) is 4.69. The van der Waals surface area contributed by atoms with E-state index in [1.54, 1.807) is 6.20 Å². The molecular formula is C17H24N4O2. The number of hydrogen-bond donors (Lipinski definition) is 1. The van der Waals surface area contributed by atoms with Crippen LogP contribution in [0.4, 0.5) is 11.5 Å². The Labute approximate surface area is 136 Å². The van der Waals surface area contributed by atoms with Crippen LogP contribution in [0.2, 0.25) is 0 Å². The third-order valence-electron chi connectivity index (χ3n) is 5.15. The molecule has 6 heteroatoms. The van der Waals surface area contributed by atoms with Gasteiger partial charge in [0.25, 0.3) is 0 Å². The Hall–Kier alpha value is -1.82. The zero-order valence-corrected chi connectivity index (χ0v) is 13.9. The first kappa shape index (κ1) is 14.8. The van der Waals surface area contributed by atoms with E-state index in [4.69, 9.17) is 10.5 Å². The number of esters is 1. The van der Waals surface area contributed by atoms with Gasteiger partial charge in [0.1, 0.15) is 17.3 Å². The van der Waals surface area contributed by atoms with Gasteiger partial charge < -0.3 is 15.4 Å². The lowest BCUT2D eigenvalue weighted by Crippen LogP contribution is -2.67. The van der Waals surface area contributed by atoms with E-state index in [9.17, 15) is 4.79 Å². The maximum Gasteiger partial charge on any atom is 0.314 e. The number of rotatable bonds is 2. The summed E-state index contributed by atoms with van der Waals surface area (Å²) >= 11 is 0. The number of carbonyl (C=O) groups excluding carboxylic acids is 1. The number of ether oxygens (including phenoxy) is 1. The molecule has 0 spiro atoms. The van der Waals surface area contributed by atoms with Crippen LogP contribution in [0.1, 0.15) is 33.6 Å². The molecule has 124 valence electrons. The Kier molecular flexibility index (Phi) is 3.10. The lowest BCUT2D eigenvalue weighted by molar-refractivity contribution is -0.174. The minimum absolute atomic E-state index is 0.0697. The standard InChI is InChI=1S/C17H24N4O2/c1-17(2,3)23-16(22)14-12-6-4-11-9-20(15(14)21(11)12)10-5-7-13(18)19-8-10/h5,7-8,11-12,14-15H,4,6,9H2,1-3H3,(H2,18,19). The molecule has 3 aliphatic heterocycles. The molecule has 0 aliphatic carbocycles. The number of anilines is 2. The topological polar surface area (TPSA) is 71.7 Å². The predicted molar refractivity (Wildman–Crippen MR) is 87.8 cm³/mol. The minimum atomic E-state index is -0.443. The molecule has 6 nitrogen and oxygen atoms in total. The van der Waals surface area contributed by atoms with Crippen LogP contribution < -0.4 is 10.6 Å². The Bertz CT molecular complexity index is 624. The SMILES string of the molecule is CC(C)(C)OC(=O)C1C2CCC3CN(c4ccc(N)nc4)C1N32. The van der Waals surface area contributed by atoms with Gasteiger partial charge in [-0.25, -0.2) is 4.98 Å². The third kappa shape index (κ3) is 2.27. The van der Waals surface area contributed by atoms with Crippen molar-refractivity contribution in [1.82, 2.24) is 9.88 Å². The summed E-state index contributed by atoms with van der Waals surface area (Å²) in [6.45, 7) is 6.73. The summed E-state index contributed by atoms with van der Waals surface area (Å²) in [4.78, 5) is 21.7. The molecule has 0 aromatic carbocycles. The zero-order chi connectivity index (χ0) is 16.4. The van der Waals surface area contributed by atoms with Gasteiger partial charge in [-0.3, -0.25) is 9.69 Å². The number of carbonyl (C=O) groups is 1. The van der Waals surface area contributed by atoms with Crippen molar-refractivity contribution in [3.05, 3.63) is 18.3 Å². The zero-order valence-electron chi connectivity index (χ0n) is 13.9. The molecular weight excluding hydrogens is 292 g/mol. The summed E-state index contributed by atoms with van der Waals surface area (Å²) in [6.07, 6.45) is 4.16. The highest BCUT2D eigenvalue weighted by Crippen LogP contribution is 2.51. The molecule has 1 aromatic rings. The molecule has 0 radical (unpaired) electrons. The van der Waals surface area contributed by atoms with Crippen LogP contribution in [-0.4, -0.2) is 46.2 Å². The largest absolute Gasteiger partial charge is 0.460 e. The molecule has 1 aromatic heterocycles. The molecule has 2 N–H and O–H groups in total. The van der Waals surface area contributed by atoms with Gasteiger partial charge in [0.2, 0.25) is 0 Å². The molecule has 4 unspecified atom stereocenters. The highest BCUT2D eigenvalue weighted by Gasteiger charge is 2.64. The van der Waals surface area contributed by atoms with E-state index >= 15 is 0 Å². The van der Waals surface area contributed by atoms with E-state index < -0.39 is 5.60 Å². The first-order valence-electron chi connectivity index (χ1n) is 8.33. The molecule has 4 heterocycles. The van der Waals surface area contributed by atoms with Gasteiger partial charge in [-0.05, 0) is 45.7 Å². The van der Waals surface area contributed by atoms with Crippen LogP contribution in [0.5, 0.6) is 0 Å². The summed E-state index contributed by atoms with van der Waals surface area (Å²) in [5, 5.41) is 0. The van der Waals surface area contributed by atoms with Crippen LogP contribution in [0.3, 0.4) is 0 Å². The molecule has 3 fully saturated rings. The molecule has 3 saturated heterocycles. The fraction of sp³-hybridized carbons (Fsp3) is 0.647. The van der Waals surface area contributed by atoms with E-state index in [0.29, 0.717) is 17.9 Å². The lowest BCUT2D eigenvalue weighted by Gasteiger charge is -2.51. The van der Waals surface area contributed by atoms with Gasteiger partial charge in [-0.15, -0.1) is 0 Å². The van der Waals surface area contributed by atoms with E-state index in [0.717, 1.165) is 25.1 Å². The second kappa shape index (κ2) is 4.84. The minimum Gasteiger partial charge on any atom is -0.460 e. The fourth-order valence-corrected chi connectivity index (χ4v) is 4.34. The third-order valence-corrected chi connectivity index (χ3v) is 5.15. The quantitative estimate of drug-likeness (QED) is 0.836. The van der Waals surface area contributed by atoms with E-state index in [2.05, 4.69) is 14.8 Å². The first-order valence-corrected chi connectivity index (χ1v) is 8.33. The second-order valence-corrected chi connectivity index (χ2v) is 7.81. The first-order chi connectivity index (χ1) is 10.8. The highest BCUT2D eigenvalue weighted by atomic mass is 16.6. The summed E-state index contributed by atoms with van der Waals surface area (Å²) in [5.41, 5.74) is 6.28. The van der Waals surface area contributed by atoms with Crippen LogP contribution in [0.15, 0.2) is 18.3 Å².